The number of para-hydroxylation sites is 1. The average molecular weight is 487 g/mol. The van der Waals surface area contributed by atoms with Gasteiger partial charge in [0.15, 0.2) is 11.5 Å². The van der Waals surface area contributed by atoms with Gasteiger partial charge in [-0.05, 0) is 53.1 Å². The van der Waals surface area contributed by atoms with Crippen LogP contribution in [0.1, 0.15) is 22.6 Å². The van der Waals surface area contributed by atoms with Gasteiger partial charge in [-0.3, -0.25) is 4.79 Å². The van der Waals surface area contributed by atoms with Gasteiger partial charge in [-0.25, -0.2) is 0 Å². The van der Waals surface area contributed by atoms with Crippen molar-refractivity contribution in [2.75, 3.05) is 35.0 Å². The van der Waals surface area contributed by atoms with Crippen LogP contribution in [0.3, 0.4) is 0 Å². The Morgan fingerprint density at radius 3 is 2.25 bits per heavy atom. The first-order valence-corrected chi connectivity index (χ1v) is 11.5. The molecule has 0 aliphatic rings. The van der Waals surface area contributed by atoms with Gasteiger partial charge < -0.3 is 29.2 Å². The molecular weight excluding hydrogens is 456 g/mol. The minimum Gasteiger partial charge on any atom is -0.497 e. The van der Waals surface area contributed by atoms with Gasteiger partial charge in [-0.15, -0.1) is 0 Å². The van der Waals surface area contributed by atoms with Gasteiger partial charge in [0.25, 0.3) is 0 Å². The van der Waals surface area contributed by atoms with Crippen LogP contribution in [-0.4, -0.2) is 45.9 Å². The average Bonchev–Trinajstić information content (AvgIpc) is 3.35. The number of nitrogens with one attached hydrogen (secondary N) is 2. The van der Waals surface area contributed by atoms with E-state index in [1.807, 2.05) is 48.7 Å². The fraction of sp³-hybridized carbons (Fsp3) is 0.207. The minimum atomic E-state index is -0.206. The third-order valence-corrected chi connectivity index (χ3v) is 6.11. The van der Waals surface area contributed by atoms with Gasteiger partial charge >= 0.3 is 0 Å². The van der Waals surface area contributed by atoms with Crippen LogP contribution in [0.15, 0.2) is 72.9 Å². The van der Waals surface area contributed by atoms with Crippen molar-refractivity contribution in [2.45, 2.75) is 5.92 Å². The molecule has 0 fully saturated rings. The number of rotatable bonds is 10. The molecule has 1 heterocycles. The molecule has 0 radical (unpaired) electrons. The molecule has 0 spiro atoms. The van der Waals surface area contributed by atoms with E-state index < -0.39 is 0 Å². The molecule has 4 rings (SSSR count). The van der Waals surface area contributed by atoms with E-state index in [9.17, 15) is 4.79 Å². The number of amides is 1. The number of fused-ring (bicyclic) bond motifs is 1. The number of benzene rings is 3. The van der Waals surface area contributed by atoms with Crippen LogP contribution in [-0.2, 0) is 4.79 Å². The Bertz CT molecular complexity index is 1330. The zero-order valence-corrected chi connectivity index (χ0v) is 20.8. The van der Waals surface area contributed by atoms with E-state index in [0.29, 0.717) is 23.8 Å². The summed E-state index contributed by atoms with van der Waals surface area (Å²) in [7, 11) is 6.31. The standard InChI is InChI=1S/C29H30N2O5/c1-33-21-12-10-20(11-13-21)23(24-18-30-25-8-6-5-7-22(24)25)17-31-28(32)14-9-19-15-26(34-2)29(36-4)27(16-19)35-3/h5-16,18,23,30H,17H2,1-4H3,(H,31,32)/b14-9+. The summed E-state index contributed by atoms with van der Waals surface area (Å²) in [5, 5.41) is 4.18. The molecule has 0 aliphatic carbocycles. The van der Waals surface area contributed by atoms with Crippen LogP contribution in [0, 0.1) is 0 Å². The highest BCUT2D eigenvalue weighted by molar-refractivity contribution is 5.92. The fourth-order valence-electron chi connectivity index (χ4n) is 4.26. The predicted octanol–water partition coefficient (Wildman–Crippen LogP) is 5.16. The third kappa shape index (κ3) is 5.30. The molecule has 2 N–H and O–H groups in total. The van der Waals surface area contributed by atoms with Crippen molar-refractivity contribution in [1.29, 1.82) is 0 Å². The van der Waals surface area contributed by atoms with Crippen LogP contribution in [0.2, 0.25) is 0 Å². The monoisotopic (exact) mass is 486 g/mol. The predicted molar refractivity (Wildman–Crippen MR) is 141 cm³/mol. The molecule has 36 heavy (non-hydrogen) atoms. The number of aromatic nitrogens is 1. The molecule has 0 saturated heterocycles. The lowest BCUT2D eigenvalue weighted by Crippen LogP contribution is -2.27. The maximum atomic E-state index is 12.8. The Morgan fingerprint density at radius 2 is 1.61 bits per heavy atom. The molecule has 4 aromatic rings. The Labute approximate surface area is 210 Å². The lowest BCUT2D eigenvalue weighted by atomic mass is 9.90. The van der Waals surface area contributed by atoms with Gasteiger partial charge in [0.1, 0.15) is 5.75 Å². The summed E-state index contributed by atoms with van der Waals surface area (Å²) in [5.41, 5.74) is 4.00. The van der Waals surface area contributed by atoms with Gasteiger partial charge in [0.05, 0.1) is 28.4 Å². The Kier molecular flexibility index (Phi) is 7.80. The molecule has 3 aromatic carbocycles. The quantitative estimate of drug-likeness (QED) is 0.303. The molecule has 0 aliphatic heterocycles. The highest BCUT2D eigenvalue weighted by Crippen LogP contribution is 2.38. The SMILES string of the molecule is COc1ccc(C(CNC(=O)/C=C/c2cc(OC)c(OC)c(OC)c2)c2c[nH]c3ccccc23)cc1. The normalized spacial score (nSPS) is 11.9. The highest BCUT2D eigenvalue weighted by Gasteiger charge is 2.19. The van der Waals surface area contributed by atoms with Crippen molar-refractivity contribution < 1.29 is 23.7 Å². The van der Waals surface area contributed by atoms with Crippen molar-refractivity contribution in [3.05, 3.63) is 89.6 Å². The molecule has 1 atom stereocenters. The molecule has 0 saturated carbocycles. The first-order valence-electron chi connectivity index (χ1n) is 11.5. The molecule has 1 amide bonds. The van der Waals surface area contributed by atoms with E-state index in [0.717, 1.165) is 33.3 Å². The topological polar surface area (TPSA) is 81.8 Å². The number of ether oxygens (including phenoxy) is 4. The van der Waals surface area contributed by atoms with Crippen molar-refractivity contribution >= 4 is 22.9 Å². The largest absolute Gasteiger partial charge is 0.497 e. The van der Waals surface area contributed by atoms with E-state index in [1.165, 1.54) is 6.08 Å². The van der Waals surface area contributed by atoms with Gasteiger partial charge in [0, 0.05) is 35.6 Å². The zero-order chi connectivity index (χ0) is 25.5. The second-order valence-electron chi connectivity index (χ2n) is 8.15. The molecule has 0 bridgehead atoms. The Morgan fingerprint density at radius 1 is 0.917 bits per heavy atom. The zero-order valence-electron chi connectivity index (χ0n) is 20.8. The van der Waals surface area contributed by atoms with E-state index in [2.05, 4.69) is 16.4 Å². The second kappa shape index (κ2) is 11.4. The number of aromatic amines is 1. The molecule has 1 aromatic heterocycles. The van der Waals surface area contributed by atoms with E-state index in [4.69, 9.17) is 18.9 Å². The van der Waals surface area contributed by atoms with Gasteiger partial charge in [-0.2, -0.15) is 0 Å². The lowest BCUT2D eigenvalue weighted by Gasteiger charge is -2.18. The first-order chi connectivity index (χ1) is 17.6. The third-order valence-electron chi connectivity index (χ3n) is 6.11. The summed E-state index contributed by atoms with van der Waals surface area (Å²) in [6, 6.07) is 19.7. The minimum absolute atomic E-state index is 0.0504. The smallest absolute Gasteiger partial charge is 0.244 e. The van der Waals surface area contributed by atoms with Crippen LogP contribution in [0.4, 0.5) is 0 Å². The van der Waals surface area contributed by atoms with Crippen LogP contribution in [0.25, 0.3) is 17.0 Å². The number of carbonyl (C=O) groups excluding carboxylic acids is 1. The summed E-state index contributed by atoms with van der Waals surface area (Å²) in [5.74, 6) is 2.08. The van der Waals surface area contributed by atoms with E-state index in [-0.39, 0.29) is 11.8 Å². The van der Waals surface area contributed by atoms with Gasteiger partial charge in [-0.1, -0.05) is 30.3 Å². The molecule has 186 valence electrons. The number of hydrogen-bond acceptors (Lipinski definition) is 5. The fourth-order valence-corrected chi connectivity index (χ4v) is 4.26. The lowest BCUT2D eigenvalue weighted by molar-refractivity contribution is -0.116. The molecule has 1 unspecified atom stereocenters. The van der Waals surface area contributed by atoms with Crippen LogP contribution in [0.5, 0.6) is 23.0 Å². The van der Waals surface area contributed by atoms with Crippen LogP contribution < -0.4 is 24.3 Å². The van der Waals surface area contributed by atoms with Crippen molar-refractivity contribution in [3.63, 3.8) is 0 Å². The number of carbonyl (C=O) groups is 1. The molecular formula is C29H30N2O5. The van der Waals surface area contributed by atoms with Crippen molar-refractivity contribution in [3.8, 4) is 23.0 Å². The second-order valence-corrected chi connectivity index (χ2v) is 8.15. The van der Waals surface area contributed by atoms with Gasteiger partial charge in [0.2, 0.25) is 11.7 Å². The Balaban J connectivity index is 1.55. The number of hydrogen-bond donors (Lipinski definition) is 2. The maximum absolute atomic E-state index is 12.8. The summed E-state index contributed by atoms with van der Waals surface area (Å²) < 4.78 is 21.5. The Hall–Kier alpha value is -4.39. The summed E-state index contributed by atoms with van der Waals surface area (Å²) in [6.45, 7) is 0.423. The van der Waals surface area contributed by atoms with E-state index >= 15 is 0 Å². The highest BCUT2D eigenvalue weighted by atomic mass is 16.5. The maximum Gasteiger partial charge on any atom is 0.244 e. The number of methoxy groups -OCH3 is 4. The van der Waals surface area contributed by atoms with Crippen LogP contribution >= 0.6 is 0 Å². The molecule has 7 heteroatoms. The van der Waals surface area contributed by atoms with Crippen molar-refractivity contribution in [2.24, 2.45) is 0 Å². The summed E-state index contributed by atoms with van der Waals surface area (Å²) >= 11 is 0. The number of H-pyrrole nitrogens is 1. The van der Waals surface area contributed by atoms with E-state index in [1.54, 1.807) is 46.6 Å². The molecule has 7 nitrogen and oxygen atoms in total. The summed E-state index contributed by atoms with van der Waals surface area (Å²) in [4.78, 5) is 16.1. The first kappa shape index (κ1) is 24.7. The summed E-state index contributed by atoms with van der Waals surface area (Å²) in [6.07, 6.45) is 5.23. The van der Waals surface area contributed by atoms with Crippen molar-refractivity contribution in [1.82, 2.24) is 10.3 Å².